The van der Waals surface area contributed by atoms with Gasteiger partial charge in [0, 0.05) is 43.8 Å². The summed E-state index contributed by atoms with van der Waals surface area (Å²) >= 11 is 0. The van der Waals surface area contributed by atoms with Crippen LogP contribution in [0.15, 0.2) is 48.8 Å². The first-order valence-corrected chi connectivity index (χ1v) is 13.9. The van der Waals surface area contributed by atoms with Gasteiger partial charge in [-0.2, -0.15) is 4.39 Å². The molecule has 0 radical (unpaired) electrons. The third kappa shape index (κ3) is 4.15. The Labute approximate surface area is 235 Å². The summed E-state index contributed by atoms with van der Waals surface area (Å²) < 4.78 is 18.9. The van der Waals surface area contributed by atoms with Crippen LogP contribution in [0.5, 0.6) is 0 Å². The van der Waals surface area contributed by atoms with Crippen molar-refractivity contribution in [1.29, 1.82) is 0 Å². The van der Waals surface area contributed by atoms with Gasteiger partial charge in [0.05, 0.1) is 28.6 Å². The highest BCUT2D eigenvalue weighted by atomic mass is 19.1. The molecule has 1 saturated heterocycles. The van der Waals surface area contributed by atoms with E-state index in [9.17, 15) is 14.4 Å². The lowest BCUT2D eigenvalue weighted by Gasteiger charge is -2.34. The van der Waals surface area contributed by atoms with E-state index in [-0.39, 0.29) is 23.6 Å². The van der Waals surface area contributed by atoms with Crippen LogP contribution in [0.25, 0.3) is 27.7 Å². The highest BCUT2D eigenvalue weighted by Gasteiger charge is 2.36. The second-order valence-electron chi connectivity index (χ2n) is 11.0. The third-order valence-electron chi connectivity index (χ3n) is 8.59. The number of carbonyl (C=O) groups is 3. The molecule has 11 heteroatoms. The highest BCUT2D eigenvalue weighted by molar-refractivity contribution is 6.49. The van der Waals surface area contributed by atoms with Gasteiger partial charge in [0.25, 0.3) is 11.8 Å². The first-order valence-electron chi connectivity index (χ1n) is 13.9. The van der Waals surface area contributed by atoms with Crippen LogP contribution in [-0.2, 0) is 27.5 Å². The molecule has 1 atom stereocenters. The van der Waals surface area contributed by atoms with Crippen molar-refractivity contribution in [2.24, 2.45) is 5.92 Å². The summed E-state index contributed by atoms with van der Waals surface area (Å²) in [4.78, 5) is 46.0. The number of hydrogen-bond acceptors (Lipinski definition) is 6. The van der Waals surface area contributed by atoms with Gasteiger partial charge in [0.1, 0.15) is 11.7 Å². The predicted octanol–water partition coefficient (Wildman–Crippen LogP) is 1.93. The average Bonchev–Trinajstić information content (AvgIpc) is 3.58. The smallest absolute Gasteiger partial charge is 0.261 e. The molecule has 7 rings (SSSR count). The van der Waals surface area contributed by atoms with E-state index in [1.807, 2.05) is 36.2 Å². The van der Waals surface area contributed by atoms with Crippen LogP contribution in [0.2, 0.25) is 0 Å². The fraction of sp³-hybridized carbons (Fsp3) is 0.333. The normalized spacial score (nSPS) is 19.9. The van der Waals surface area contributed by atoms with Crippen molar-refractivity contribution in [2.75, 3.05) is 26.7 Å². The number of nitrogens with zero attached hydrogens (tertiary/aromatic N) is 4. The molecule has 3 aromatic heterocycles. The van der Waals surface area contributed by atoms with Crippen molar-refractivity contribution in [3.8, 4) is 0 Å². The van der Waals surface area contributed by atoms with Crippen LogP contribution >= 0.6 is 0 Å². The topological polar surface area (TPSA) is 113 Å². The molecule has 3 aliphatic rings. The SMILES string of the molecule is CNCC1CCN(C(=O)C2Cn3c(F)cc4c(C5=C(c6cnc7ccccn67)C(=O)NC5=O)ccc(c43)CN2)CC1. The zero-order valence-corrected chi connectivity index (χ0v) is 22.6. The zero-order valence-electron chi connectivity index (χ0n) is 22.6. The number of aromatic nitrogens is 3. The molecule has 10 nitrogen and oxygen atoms in total. The monoisotopic (exact) mass is 555 g/mol. The number of likely N-dealkylation sites (tertiary alicyclic amines) is 1. The second kappa shape index (κ2) is 9.93. The number of imide groups is 1. The standard InChI is InChI=1S/C30H30FN7O3/c1-32-13-17-7-10-36(11-8-17)30(41)21-16-38-23(31)12-20-19(6-5-18(14-33-21)27(20)38)25-26(29(40)35-28(25)39)22-15-34-24-4-2-3-9-37(22)24/h2-6,9,12,15,17,21,32-33H,7-8,10-11,13-14,16H2,1H3,(H,35,39,40). The van der Waals surface area contributed by atoms with Crippen molar-refractivity contribution in [2.45, 2.75) is 32.0 Å². The van der Waals surface area contributed by atoms with E-state index in [4.69, 9.17) is 0 Å². The predicted molar refractivity (Wildman–Crippen MR) is 151 cm³/mol. The van der Waals surface area contributed by atoms with Crippen molar-refractivity contribution < 1.29 is 18.8 Å². The van der Waals surface area contributed by atoms with E-state index in [0.717, 1.165) is 24.9 Å². The van der Waals surface area contributed by atoms with Crippen molar-refractivity contribution in [3.63, 3.8) is 0 Å². The summed E-state index contributed by atoms with van der Waals surface area (Å²) in [5, 5.41) is 9.50. The van der Waals surface area contributed by atoms with Crippen LogP contribution in [0, 0.1) is 11.9 Å². The maximum Gasteiger partial charge on any atom is 0.261 e. The Balaban J connectivity index is 1.28. The number of pyridine rings is 1. The number of benzene rings is 1. The van der Waals surface area contributed by atoms with Gasteiger partial charge >= 0.3 is 0 Å². The molecule has 1 unspecified atom stereocenters. The number of hydrogen-bond donors (Lipinski definition) is 3. The third-order valence-corrected chi connectivity index (χ3v) is 8.59. The largest absolute Gasteiger partial charge is 0.341 e. The van der Waals surface area contributed by atoms with Crippen molar-refractivity contribution in [1.82, 2.24) is 34.8 Å². The van der Waals surface area contributed by atoms with Crippen LogP contribution in [0.3, 0.4) is 0 Å². The number of fused-ring (bicyclic) bond motifs is 1. The van der Waals surface area contributed by atoms with Gasteiger partial charge < -0.3 is 20.1 Å². The van der Waals surface area contributed by atoms with Gasteiger partial charge in [-0.1, -0.05) is 18.2 Å². The molecule has 0 saturated carbocycles. The number of amides is 3. The lowest BCUT2D eigenvalue weighted by Crippen LogP contribution is -2.50. The first kappa shape index (κ1) is 25.6. The number of piperidine rings is 1. The summed E-state index contributed by atoms with van der Waals surface area (Å²) in [5.74, 6) is -1.04. The van der Waals surface area contributed by atoms with Crippen LogP contribution < -0.4 is 16.0 Å². The Bertz CT molecular complexity index is 1760. The minimum absolute atomic E-state index is 0.0273. The lowest BCUT2D eigenvalue weighted by molar-refractivity contribution is -0.135. The van der Waals surface area contributed by atoms with Gasteiger partial charge in [0.15, 0.2) is 5.95 Å². The Kier molecular flexibility index (Phi) is 6.20. The molecule has 0 spiro atoms. The number of carbonyl (C=O) groups excluding carboxylic acids is 3. The van der Waals surface area contributed by atoms with Gasteiger partial charge in [-0.3, -0.25) is 24.1 Å². The molecule has 4 aromatic rings. The van der Waals surface area contributed by atoms with Crippen LogP contribution in [-0.4, -0.2) is 69.3 Å². The van der Waals surface area contributed by atoms with E-state index in [1.54, 1.807) is 22.9 Å². The lowest BCUT2D eigenvalue weighted by atomic mass is 9.95. The molecular formula is C30H30FN7O3. The Hall–Kier alpha value is -4.35. The number of nitrogens with one attached hydrogen (secondary N) is 3. The summed E-state index contributed by atoms with van der Waals surface area (Å²) in [6.45, 7) is 2.82. The zero-order chi connectivity index (χ0) is 28.2. The molecule has 3 aliphatic heterocycles. The minimum Gasteiger partial charge on any atom is -0.341 e. The summed E-state index contributed by atoms with van der Waals surface area (Å²) in [6.07, 6.45) is 5.23. The number of rotatable bonds is 5. The minimum atomic E-state index is -0.582. The van der Waals surface area contributed by atoms with Gasteiger partial charge in [0.2, 0.25) is 5.91 Å². The van der Waals surface area contributed by atoms with Gasteiger partial charge in [-0.25, -0.2) is 4.98 Å². The first-order chi connectivity index (χ1) is 19.9. The average molecular weight is 556 g/mol. The number of imidazole rings is 1. The fourth-order valence-electron chi connectivity index (χ4n) is 6.55. The highest BCUT2D eigenvalue weighted by Crippen LogP contribution is 2.38. The van der Waals surface area contributed by atoms with E-state index >= 15 is 4.39 Å². The van der Waals surface area contributed by atoms with Crippen molar-refractivity contribution >= 4 is 45.4 Å². The molecule has 210 valence electrons. The quantitative estimate of drug-likeness (QED) is 0.325. The second-order valence-corrected chi connectivity index (χ2v) is 11.0. The van der Waals surface area contributed by atoms with E-state index < -0.39 is 23.8 Å². The van der Waals surface area contributed by atoms with Crippen LogP contribution in [0.4, 0.5) is 4.39 Å². The van der Waals surface area contributed by atoms with Crippen molar-refractivity contribution in [3.05, 3.63) is 71.6 Å². The number of halogens is 1. The van der Waals surface area contributed by atoms with Gasteiger partial charge in [-0.15, -0.1) is 0 Å². The molecule has 41 heavy (non-hydrogen) atoms. The molecular weight excluding hydrogens is 525 g/mol. The van der Waals surface area contributed by atoms with E-state index in [0.29, 0.717) is 53.4 Å². The molecule has 1 aromatic carbocycles. The van der Waals surface area contributed by atoms with E-state index in [2.05, 4.69) is 20.9 Å². The summed E-state index contributed by atoms with van der Waals surface area (Å²) in [6, 6.07) is 9.89. The Morgan fingerprint density at radius 1 is 1.12 bits per heavy atom. The molecule has 0 bridgehead atoms. The molecule has 3 N–H and O–H groups in total. The molecule has 1 fully saturated rings. The van der Waals surface area contributed by atoms with E-state index in [1.165, 1.54) is 10.6 Å². The van der Waals surface area contributed by atoms with Crippen LogP contribution in [0.1, 0.15) is 29.7 Å². The fourth-order valence-corrected chi connectivity index (χ4v) is 6.55. The Morgan fingerprint density at radius 3 is 2.73 bits per heavy atom. The molecule has 3 amide bonds. The summed E-state index contributed by atoms with van der Waals surface area (Å²) in [7, 11) is 1.94. The van der Waals surface area contributed by atoms with Gasteiger partial charge in [-0.05, 0) is 55.6 Å². The molecule has 6 heterocycles. The Morgan fingerprint density at radius 2 is 1.93 bits per heavy atom. The maximum atomic E-state index is 15.6. The summed E-state index contributed by atoms with van der Waals surface area (Å²) in [5.41, 5.74) is 3.38. The maximum absolute atomic E-state index is 15.6. The molecule has 0 aliphatic carbocycles.